The quantitative estimate of drug-likeness (QED) is 0.686. The number of likely N-dealkylation sites (tertiary alicyclic amines) is 1. The molecule has 2 aromatic rings. The summed E-state index contributed by atoms with van der Waals surface area (Å²) in [5.41, 5.74) is 1.71. The molecule has 3 aliphatic rings. The van der Waals surface area contributed by atoms with Gasteiger partial charge in [-0.05, 0) is 49.1 Å². The number of nitrogens with one attached hydrogen (secondary N) is 1. The van der Waals surface area contributed by atoms with Crippen molar-refractivity contribution in [3.8, 4) is 18.4 Å². The molecular formula is C25H27N5O3. The zero-order valence-corrected chi connectivity index (χ0v) is 19.0. The van der Waals surface area contributed by atoms with Crippen LogP contribution in [0.5, 0.6) is 0 Å². The molecule has 1 saturated heterocycles. The molecule has 2 aromatic heterocycles. The van der Waals surface area contributed by atoms with Gasteiger partial charge in [0, 0.05) is 18.3 Å². The van der Waals surface area contributed by atoms with Crippen molar-refractivity contribution in [3.05, 3.63) is 35.7 Å². The fourth-order valence-corrected chi connectivity index (χ4v) is 5.40. The standard InChI is InChI=1S/C25H27N5O3/c1-5-15-7-6-10-30-21(15)17(12-27-30)19(11-26)28-23(31)22-20-18(25(20,3)4)13-29(22)24(32)14(2)33-16-8-9-16/h1,6-7,10,12,14,16,18-20,22H,8-9,13H2,2-4H3,(H,28,31). The summed E-state index contributed by atoms with van der Waals surface area (Å²) in [6, 6.07) is 4.15. The number of carbonyl (C=O) groups is 2. The first-order valence-corrected chi connectivity index (χ1v) is 11.4. The number of amides is 2. The van der Waals surface area contributed by atoms with Crippen LogP contribution in [0.3, 0.4) is 0 Å². The van der Waals surface area contributed by atoms with Gasteiger partial charge >= 0.3 is 0 Å². The summed E-state index contributed by atoms with van der Waals surface area (Å²) in [6.07, 6.45) is 10.4. The van der Waals surface area contributed by atoms with E-state index in [1.807, 2.05) is 0 Å². The van der Waals surface area contributed by atoms with Crippen LogP contribution >= 0.6 is 0 Å². The van der Waals surface area contributed by atoms with Gasteiger partial charge in [0.15, 0.2) is 0 Å². The van der Waals surface area contributed by atoms with E-state index < -0.39 is 18.2 Å². The minimum absolute atomic E-state index is 0.0252. The summed E-state index contributed by atoms with van der Waals surface area (Å²) >= 11 is 0. The van der Waals surface area contributed by atoms with Crippen LogP contribution in [-0.2, 0) is 14.3 Å². The Morgan fingerprint density at radius 2 is 2.15 bits per heavy atom. The predicted octanol–water partition coefficient (Wildman–Crippen LogP) is 2.05. The fraction of sp³-hybridized carbons (Fsp3) is 0.520. The lowest BCUT2D eigenvalue weighted by Gasteiger charge is -2.32. The lowest BCUT2D eigenvalue weighted by atomic mass is 9.99. The van der Waals surface area contributed by atoms with Crippen molar-refractivity contribution < 1.29 is 14.3 Å². The maximum Gasteiger partial charge on any atom is 0.252 e. The third-order valence-electron chi connectivity index (χ3n) is 7.48. The molecule has 8 nitrogen and oxygen atoms in total. The molecule has 0 aromatic carbocycles. The van der Waals surface area contributed by atoms with E-state index in [4.69, 9.17) is 11.2 Å². The van der Waals surface area contributed by atoms with Gasteiger partial charge in [0.05, 0.1) is 29.5 Å². The Bertz CT molecular complexity index is 1210. The summed E-state index contributed by atoms with van der Waals surface area (Å²) < 4.78 is 7.40. The number of hydrogen-bond acceptors (Lipinski definition) is 5. The van der Waals surface area contributed by atoms with Crippen molar-refractivity contribution in [3.63, 3.8) is 0 Å². The Hall–Kier alpha value is -3.36. The van der Waals surface area contributed by atoms with Crippen LogP contribution in [0.25, 0.3) is 5.52 Å². The fourth-order valence-electron chi connectivity index (χ4n) is 5.40. The van der Waals surface area contributed by atoms with E-state index in [0.29, 0.717) is 23.2 Å². The van der Waals surface area contributed by atoms with E-state index in [-0.39, 0.29) is 35.2 Å². The normalized spacial score (nSPS) is 26.7. The molecule has 0 spiro atoms. The zero-order valence-electron chi connectivity index (χ0n) is 19.0. The molecule has 2 amide bonds. The molecule has 1 aliphatic heterocycles. The van der Waals surface area contributed by atoms with Crippen LogP contribution < -0.4 is 5.32 Å². The van der Waals surface area contributed by atoms with Crippen LogP contribution in [0, 0.1) is 40.9 Å². The second-order valence-electron chi connectivity index (χ2n) is 9.90. The van der Waals surface area contributed by atoms with E-state index >= 15 is 0 Å². The average molecular weight is 446 g/mol. The number of terminal acetylenes is 1. The minimum Gasteiger partial charge on any atom is -0.365 e. The number of nitriles is 1. The van der Waals surface area contributed by atoms with Crippen molar-refractivity contribution in [2.45, 2.75) is 57.9 Å². The second-order valence-corrected chi connectivity index (χ2v) is 9.90. The highest BCUT2D eigenvalue weighted by Gasteiger charge is 2.69. The van der Waals surface area contributed by atoms with Gasteiger partial charge in [0.1, 0.15) is 18.2 Å². The van der Waals surface area contributed by atoms with E-state index in [1.54, 1.807) is 40.9 Å². The van der Waals surface area contributed by atoms with Crippen molar-refractivity contribution in [2.24, 2.45) is 17.3 Å². The SMILES string of the molecule is C#Cc1cccn2ncc(C(C#N)NC(=O)C3C4C(CN3C(=O)C(C)OC3CC3)C4(C)C)c12. The van der Waals surface area contributed by atoms with Crippen LogP contribution in [0.4, 0.5) is 0 Å². The maximum atomic E-state index is 13.5. The zero-order chi connectivity index (χ0) is 23.5. The minimum atomic E-state index is -0.942. The van der Waals surface area contributed by atoms with Gasteiger partial charge in [-0.15, -0.1) is 6.42 Å². The first kappa shape index (κ1) is 21.5. The van der Waals surface area contributed by atoms with E-state index in [9.17, 15) is 14.9 Å². The maximum absolute atomic E-state index is 13.5. The van der Waals surface area contributed by atoms with Gasteiger partial charge in [-0.3, -0.25) is 9.59 Å². The highest BCUT2D eigenvalue weighted by molar-refractivity contribution is 5.91. The van der Waals surface area contributed by atoms with E-state index in [2.05, 4.69) is 36.3 Å². The molecule has 2 saturated carbocycles. The summed E-state index contributed by atoms with van der Waals surface area (Å²) in [5.74, 6) is 2.44. The molecule has 5 atom stereocenters. The van der Waals surface area contributed by atoms with E-state index in [0.717, 1.165) is 12.8 Å². The molecule has 8 heteroatoms. The number of ether oxygens (including phenoxy) is 1. The van der Waals surface area contributed by atoms with Crippen LogP contribution in [0.2, 0.25) is 0 Å². The third kappa shape index (κ3) is 3.46. The van der Waals surface area contributed by atoms with Crippen LogP contribution in [0.1, 0.15) is 50.8 Å². The van der Waals surface area contributed by atoms with Crippen LogP contribution in [0.15, 0.2) is 24.5 Å². The molecule has 5 rings (SSSR count). The summed E-state index contributed by atoms with van der Waals surface area (Å²) in [6.45, 7) is 6.53. The summed E-state index contributed by atoms with van der Waals surface area (Å²) in [5, 5.41) is 17.1. The molecular weight excluding hydrogens is 418 g/mol. The lowest BCUT2D eigenvalue weighted by molar-refractivity contribution is -0.149. The largest absolute Gasteiger partial charge is 0.365 e. The number of hydrogen-bond donors (Lipinski definition) is 1. The number of nitrogens with zero attached hydrogens (tertiary/aromatic N) is 4. The second kappa shape index (κ2) is 7.60. The smallest absolute Gasteiger partial charge is 0.252 e. The Morgan fingerprint density at radius 1 is 1.39 bits per heavy atom. The molecule has 0 radical (unpaired) electrons. The molecule has 5 unspecified atom stereocenters. The lowest BCUT2D eigenvalue weighted by Crippen LogP contribution is -2.53. The molecule has 170 valence electrons. The third-order valence-corrected chi connectivity index (χ3v) is 7.48. The molecule has 33 heavy (non-hydrogen) atoms. The molecule has 1 N–H and O–H groups in total. The molecule has 3 fully saturated rings. The highest BCUT2D eigenvalue weighted by Crippen LogP contribution is 2.65. The Balaban J connectivity index is 1.40. The van der Waals surface area contributed by atoms with Gasteiger partial charge in [0.2, 0.25) is 5.91 Å². The first-order chi connectivity index (χ1) is 15.8. The van der Waals surface area contributed by atoms with Gasteiger partial charge in [-0.25, -0.2) is 4.52 Å². The number of piperidine rings is 1. The van der Waals surface area contributed by atoms with Crippen molar-refractivity contribution in [2.75, 3.05) is 6.54 Å². The number of carbonyl (C=O) groups excluding carboxylic acids is 2. The first-order valence-electron chi connectivity index (χ1n) is 11.4. The Labute approximate surface area is 192 Å². The number of rotatable bonds is 6. The Morgan fingerprint density at radius 3 is 2.82 bits per heavy atom. The van der Waals surface area contributed by atoms with Gasteiger partial charge < -0.3 is 15.0 Å². The molecule has 0 bridgehead atoms. The van der Waals surface area contributed by atoms with Gasteiger partial charge in [-0.1, -0.05) is 19.8 Å². The molecule has 2 aliphatic carbocycles. The number of fused-ring (bicyclic) bond motifs is 2. The number of aromatic nitrogens is 2. The summed E-state index contributed by atoms with van der Waals surface area (Å²) in [7, 11) is 0. The monoisotopic (exact) mass is 445 g/mol. The number of pyridine rings is 1. The average Bonchev–Trinajstić information content (AvgIpc) is 3.55. The summed E-state index contributed by atoms with van der Waals surface area (Å²) in [4.78, 5) is 28.3. The van der Waals surface area contributed by atoms with Crippen molar-refractivity contribution >= 4 is 17.3 Å². The van der Waals surface area contributed by atoms with Crippen LogP contribution in [-0.4, -0.2) is 51.1 Å². The van der Waals surface area contributed by atoms with E-state index in [1.165, 1.54) is 0 Å². The highest BCUT2D eigenvalue weighted by atomic mass is 16.5. The Kier molecular flexibility index (Phi) is 4.95. The van der Waals surface area contributed by atoms with Crippen molar-refractivity contribution in [1.29, 1.82) is 5.26 Å². The van der Waals surface area contributed by atoms with Crippen molar-refractivity contribution in [1.82, 2.24) is 19.8 Å². The predicted molar refractivity (Wildman–Crippen MR) is 119 cm³/mol. The van der Waals surface area contributed by atoms with Gasteiger partial charge in [-0.2, -0.15) is 10.4 Å². The van der Waals surface area contributed by atoms with Gasteiger partial charge in [0.25, 0.3) is 5.91 Å². The molecule has 3 heterocycles. The topological polar surface area (TPSA) is 99.7 Å².